The molecule has 0 bridgehead atoms. The fourth-order valence-electron chi connectivity index (χ4n) is 2.73. The van der Waals surface area contributed by atoms with Crippen molar-refractivity contribution >= 4 is 34.8 Å². The van der Waals surface area contributed by atoms with Crippen molar-refractivity contribution in [3.8, 4) is 0 Å². The quantitative estimate of drug-likeness (QED) is 0.833. The van der Waals surface area contributed by atoms with Crippen molar-refractivity contribution < 1.29 is 4.79 Å². The molecule has 122 valence electrons. The Labute approximate surface area is 142 Å². The van der Waals surface area contributed by atoms with Crippen LogP contribution in [0.5, 0.6) is 0 Å². The number of anilines is 1. The molecule has 1 aliphatic heterocycles. The largest absolute Gasteiger partial charge is 0.322 e. The smallest absolute Gasteiger partial charge is 0.238 e. The molecule has 0 unspecified atom stereocenters. The lowest BCUT2D eigenvalue weighted by Crippen LogP contribution is -2.39. The van der Waals surface area contributed by atoms with E-state index in [1.807, 2.05) is 0 Å². The summed E-state index contributed by atoms with van der Waals surface area (Å²) in [5.74, 6) is 0.587. The minimum absolute atomic E-state index is 0.0780. The highest BCUT2D eigenvalue weighted by Gasteiger charge is 2.18. The van der Waals surface area contributed by atoms with Crippen molar-refractivity contribution in [1.29, 1.82) is 0 Å². The Morgan fingerprint density at radius 2 is 1.95 bits per heavy atom. The van der Waals surface area contributed by atoms with Gasteiger partial charge in [-0.1, -0.05) is 36.2 Å². The van der Waals surface area contributed by atoms with Gasteiger partial charge in [0.1, 0.15) is 0 Å². The number of amides is 1. The zero-order chi connectivity index (χ0) is 15.9. The standard InChI is InChI=1S/C16H23Cl2N3O/c1-2-21(10-12-6-8-19-9-7-12)11-15(22)20-16-13(17)4-3-5-14(16)18/h3-5,12,19H,2,6-11H2,1H3,(H,20,22). The molecule has 2 N–H and O–H groups in total. The second-order valence-corrected chi connectivity index (χ2v) is 6.48. The summed E-state index contributed by atoms with van der Waals surface area (Å²) in [6, 6.07) is 5.20. The summed E-state index contributed by atoms with van der Waals surface area (Å²) in [5.41, 5.74) is 0.494. The van der Waals surface area contributed by atoms with Crippen LogP contribution < -0.4 is 10.6 Å². The maximum Gasteiger partial charge on any atom is 0.238 e. The average molecular weight is 344 g/mol. The molecular weight excluding hydrogens is 321 g/mol. The molecule has 0 aromatic heterocycles. The zero-order valence-corrected chi connectivity index (χ0v) is 14.4. The van der Waals surface area contributed by atoms with Crippen LogP contribution in [-0.4, -0.2) is 43.5 Å². The third kappa shape index (κ3) is 5.13. The van der Waals surface area contributed by atoms with Gasteiger partial charge in [0.15, 0.2) is 0 Å². The molecule has 4 nitrogen and oxygen atoms in total. The summed E-state index contributed by atoms with van der Waals surface area (Å²) < 4.78 is 0. The van der Waals surface area contributed by atoms with Crippen molar-refractivity contribution in [1.82, 2.24) is 10.2 Å². The van der Waals surface area contributed by atoms with Crippen LogP contribution in [0.3, 0.4) is 0 Å². The summed E-state index contributed by atoms with van der Waals surface area (Å²) >= 11 is 12.2. The first-order valence-corrected chi connectivity index (χ1v) is 8.52. The van der Waals surface area contributed by atoms with E-state index in [1.165, 1.54) is 12.8 Å². The number of nitrogens with zero attached hydrogens (tertiary/aromatic N) is 1. The lowest BCUT2D eigenvalue weighted by Gasteiger charge is -2.29. The molecule has 0 saturated carbocycles. The normalized spacial score (nSPS) is 16.0. The molecule has 1 aromatic rings. The van der Waals surface area contributed by atoms with Gasteiger partial charge in [-0.2, -0.15) is 0 Å². The highest BCUT2D eigenvalue weighted by atomic mass is 35.5. The first kappa shape index (κ1) is 17.5. The molecule has 1 aromatic carbocycles. The molecule has 1 amide bonds. The molecule has 2 rings (SSSR count). The predicted molar refractivity (Wildman–Crippen MR) is 92.8 cm³/mol. The van der Waals surface area contributed by atoms with Crippen LogP contribution in [0.1, 0.15) is 19.8 Å². The number of nitrogens with one attached hydrogen (secondary N) is 2. The Hall–Kier alpha value is -0.810. The summed E-state index contributed by atoms with van der Waals surface area (Å²) in [5, 5.41) is 7.11. The molecule has 1 saturated heterocycles. The monoisotopic (exact) mass is 343 g/mol. The van der Waals surface area contributed by atoms with Gasteiger partial charge in [-0.05, 0) is 50.5 Å². The summed E-state index contributed by atoms with van der Waals surface area (Å²) in [6.07, 6.45) is 2.35. The molecule has 6 heteroatoms. The maximum atomic E-state index is 12.2. The van der Waals surface area contributed by atoms with E-state index in [0.29, 0.717) is 28.2 Å². The summed E-state index contributed by atoms with van der Waals surface area (Å²) in [6.45, 7) is 6.40. The number of rotatable bonds is 6. The average Bonchev–Trinajstić information content (AvgIpc) is 2.51. The molecule has 0 spiro atoms. The summed E-state index contributed by atoms with van der Waals surface area (Å²) in [7, 11) is 0. The predicted octanol–water partition coefficient (Wildman–Crippen LogP) is 3.25. The Balaban J connectivity index is 1.88. The number of para-hydroxylation sites is 1. The lowest BCUT2D eigenvalue weighted by atomic mass is 9.97. The Kier molecular flexibility index (Phi) is 6.96. The van der Waals surface area contributed by atoms with E-state index in [2.05, 4.69) is 22.5 Å². The summed E-state index contributed by atoms with van der Waals surface area (Å²) in [4.78, 5) is 14.4. The van der Waals surface area contributed by atoms with Gasteiger partial charge in [-0.15, -0.1) is 0 Å². The molecule has 0 aliphatic carbocycles. The van der Waals surface area contributed by atoms with E-state index in [0.717, 1.165) is 26.2 Å². The van der Waals surface area contributed by atoms with Gasteiger partial charge >= 0.3 is 0 Å². The number of carbonyl (C=O) groups excluding carboxylic acids is 1. The Morgan fingerprint density at radius 3 is 2.55 bits per heavy atom. The number of halogens is 2. The molecule has 1 fully saturated rings. The van der Waals surface area contributed by atoms with Crippen LogP contribution >= 0.6 is 23.2 Å². The van der Waals surface area contributed by atoms with Crippen molar-refractivity contribution in [2.75, 3.05) is 38.0 Å². The van der Waals surface area contributed by atoms with E-state index in [1.54, 1.807) is 18.2 Å². The molecule has 0 radical (unpaired) electrons. The highest BCUT2D eigenvalue weighted by molar-refractivity contribution is 6.39. The van der Waals surface area contributed by atoms with Crippen molar-refractivity contribution in [2.45, 2.75) is 19.8 Å². The van der Waals surface area contributed by atoms with Gasteiger partial charge in [0.2, 0.25) is 5.91 Å². The van der Waals surface area contributed by atoms with E-state index >= 15 is 0 Å². The Bertz CT molecular complexity index is 484. The number of likely N-dealkylation sites (N-methyl/N-ethyl adjacent to an activating group) is 1. The van der Waals surface area contributed by atoms with Crippen LogP contribution in [0.15, 0.2) is 18.2 Å². The van der Waals surface area contributed by atoms with Crippen LogP contribution in [0.25, 0.3) is 0 Å². The van der Waals surface area contributed by atoms with Crippen LogP contribution in [0, 0.1) is 5.92 Å². The number of piperidine rings is 1. The third-order valence-electron chi connectivity index (χ3n) is 4.02. The van der Waals surface area contributed by atoms with Crippen molar-refractivity contribution in [3.05, 3.63) is 28.2 Å². The fraction of sp³-hybridized carbons (Fsp3) is 0.562. The Morgan fingerprint density at radius 1 is 1.32 bits per heavy atom. The van der Waals surface area contributed by atoms with Gasteiger partial charge in [-0.3, -0.25) is 9.69 Å². The van der Waals surface area contributed by atoms with E-state index < -0.39 is 0 Å². The fourth-order valence-corrected chi connectivity index (χ4v) is 3.23. The number of carbonyl (C=O) groups is 1. The second-order valence-electron chi connectivity index (χ2n) is 5.67. The minimum atomic E-state index is -0.0780. The second kappa shape index (κ2) is 8.73. The third-order valence-corrected chi connectivity index (χ3v) is 4.65. The van der Waals surface area contributed by atoms with Gasteiger partial charge in [0.25, 0.3) is 0 Å². The molecule has 22 heavy (non-hydrogen) atoms. The lowest BCUT2D eigenvalue weighted by molar-refractivity contribution is -0.117. The van der Waals surface area contributed by atoms with Gasteiger partial charge in [0, 0.05) is 6.54 Å². The molecule has 1 aliphatic rings. The van der Waals surface area contributed by atoms with Crippen molar-refractivity contribution in [2.24, 2.45) is 5.92 Å². The highest BCUT2D eigenvalue weighted by Crippen LogP contribution is 2.29. The topological polar surface area (TPSA) is 44.4 Å². The van der Waals surface area contributed by atoms with Crippen LogP contribution in [0.4, 0.5) is 5.69 Å². The van der Waals surface area contributed by atoms with E-state index in [4.69, 9.17) is 23.2 Å². The minimum Gasteiger partial charge on any atom is -0.322 e. The molecule has 1 heterocycles. The van der Waals surface area contributed by atoms with Crippen molar-refractivity contribution in [3.63, 3.8) is 0 Å². The van der Waals surface area contributed by atoms with Gasteiger partial charge in [-0.25, -0.2) is 0 Å². The van der Waals surface area contributed by atoms with E-state index in [-0.39, 0.29) is 5.91 Å². The first-order chi connectivity index (χ1) is 10.6. The van der Waals surface area contributed by atoms with Gasteiger partial charge in [0.05, 0.1) is 22.3 Å². The molecular formula is C16H23Cl2N3O. The van der Waals surface area contributed by atoms with Gasteiger partial charge < -0.3 is 10.6 Å². The molecule has 0 atom stereocenters. The SMILES string of the molecule is CCN(CC(=O)Nc1c(Cl)cccc1Cl)CC1CCNCC1. The first-order valence-electron chi connectivity index (χ1n) is 7.77. The maximum absolute atomic E-state index is 12.2. The van der Waals surface area contributed by atoms with Crippen LogP contribution in [0.2, 0.25) is 10.0 Å². The van der Waals surface area contributed by atoms with Crippen LogP contribution in [-0.2, 0) is 4.79 Å². The van der Waals surface area contributed by atoms with E-state index in [9.17, 15) is 4.79 Å². The zero-order valence-electron chi connectivity index (χ0n) is 12.9. The number of hydrogen-bond acceptors (Lipinski definition) is 3. The number of benzene rings is 1. The number of hydrogen-bond donors (Lipinski definition) is 2.